The largest absolute Gasteiger partial charge is 0.508 e. The molecule has 0 saturated heterocycles. The van der Waals surface area contributed by atoms with Crippen molar-refractivity contribution in [1.82, 2.24) is 0 Å². The van der Waals surface area contributed by atoms with Crippen molar-refractivity contribution in [3.63, 3.8) is 0 Å². The van der Waals surface area contributed by atoms with Crippen molar-refractivity contribution in [3.8, 4) is 11.5 Å². The second-order valence-corrected chi connectivity index (χ2v) is 5.46. The van der Waals surface area contributed by atoms with Gasteiger partial charge in [0.05, 0.1) is 0 Å². The fourth-order valence-electron chi connectivity index (χ4n) is 2.82. The van der Waals surface area contributed by atoms with E-state index in [1.807, 2.05) is 58.0 Å². The van der Waals surface area contributed by atoms with E-state index in [1.54, 1.807) is 24.3 Å². The Kier molecular flexibility index (Phi) is 7.31. The lowest BCUT2D eigenvalue weighted by atomic mass is 9.70. The minimum atomic E-state index is -0.358. The molecule has 2 heteroatoms. The molecule has 2 rings (SSSR count). The van der Waals surface area contributed by atoms with E-state index < -0.39 is 0 Å². The molecule has 128 valence electrons. The molecule has 0 atom stereocenters. The highest BCUT2D eigenvalue weighted by Crippen LogP contribution is 2.40. The molecule has 2 nitrogen and oxygen atoms in total. The van der Waals surface area contributed by atoms with E-state index in [9.17, 15) is 10.2 Å². The molecule has 0 fully saturated rings. The van der Waals surface area contributed by atoms with Crippen molar-refractivity contribution < 1.29 is 10.2 Å². The maximum absolute atomic E-state index is 9.57. The number of aromatic hydroxyl groups is 2. The van der Waals surface area contributed by atoms with Gasteiger partial charge in [0.2, 0.25) is 0 Å². The number of phenolic OH excluding ortho intramolecular Hbond substituents is 2. The zero-order valence-corrected chi connectivity index (χ0v) is 15.2. The first kappa shape index (κ1) is 19.6. The normalized spacial score (nSPS) is 12.0. The van der Waals surface area contributed by atoms with Crippen LogP contribution in [0.25, 0.3) is 0 Å². The molecule has 0 aliphatic rings. The van der Waals surface area contributed by atoms with E-state index in [2.05, 4.69) is 19.1 Å². The van der Waals surface area contributed by atoms with Crippen molar-refractivity contribution in [1.29, 1.82) is 0 Å². The zero-order chi connectivity index (χ0) is 18.2. The first-order valence-electron chi connectivity index (χ1n) is 8.41. The lowest BCUT2D eigenvalue weighted by Gasteiger charge is -2.33. The molecule has 0 radical (unpaired) electrons. The van der Waals surface area contributed by atoms with Gasteiger partial charge in [0.25, 0.3) is 0 Å². The average Bonchev–Trinajstić information content (AvgIpc) is 2.62. The Balaban J connectivity index is 0.00000139. The van der Waals surface area contributed by atoms with Gasteiger partial charge in [-0.05, 0) is 61.7 Å². The molecular formula is C22H28O2. The molecule has 2 aromatic rings. The van der Waals surface area contributed by atoms with Gasteiger partial charge in [-0.2, -0.15) is 0 Å². The van der Waals surface area contributed by atoms with Crippen LogP contribution in [0.3, 0.4) is 0 Å². The van der Waals surface area contributed by atoms with Crippen LogP contribution in [0.1, 0.15) is 45.7 Å². The maximum Gasteiger partial charge on any atom is 0.115 e. The predicted molar refractivity (Wildman–Crippen MR) is 103 cm³/mol. The summed E-state index contributed by atoms with van der Waals surface area (Å²) in [5, 5.41) is 19.1. The predicted octanol–water partition coefficient (Wildman–Crippen LogP) is 5.95. The van der Waals surface area contributed by atoms with Gasteiger partial charge in [-0.3, -0.25) is 0 Å². The highest BCUT2D eigenvalue weighted by Gasteiger charge is 2.31. The number of phenols is 2. The summed E-state index contributed by atoms with van der Waals surface area (Å²) < 4.78 is 0. The topological polar surface area (TPSA) is 40.5 Å². The molecule has 0 spiro atoms. The standard InChI is InChI=1S/C20H22O2.C2H6/c1-4-6-15(5-2)20(3,16-7-11-18(21)12-8-16)17-9-13-19(22)14-10-17;1-2/h4-14,21-22H,1-3H3;1-2H3/b6-4-,15-5+;. The lowest BCUT2D eigenvalue weighted by Crippen LogP contribution is -2.25. The van der Waals surface area contributed by atoms with Crippen molar-refractivity contribution in [2.24, 2.45) is 0 Å². The SMILES string of the molecule is C/C=C\C(=C/C)C(C)(c1ccc(O)cc1)c1ccc(O)cc1.CC. The van der Waals surface area contributed by atoms with Gasteiger partial charge in [0, 0.05) is 5.41 Å². The Bertz CT molecular complexity index is 631. The smallest absolute Gasteiger partial charge is 0.115 e. The molecule has 0 unspecified atom stereocenters. The van der Waals surface area contributed by atoms with Gasteiger partial charge in [-0.25, -0.2) is 0 Å². The third-order valence-electron chi connectivity index (χ3n) is 4.12. The molecule has 2 aromatic carbocycles. The van der Waals surface area contributed by atoms with Crippen LogP contribution in [0.15, 0.2) is 72.3 Å². The van der Waals surface area contributed by atoms with Crippen LogP contribution in [0.2, 0.25) is 0 Å². The fraction of sp³-hybridized carbons (Fsp3) is 0.273. The molecule has 0 aliphatic heterocycles. The molecule has 2 N–H and O–H groups in total. The first-order chi connectivity index (χ1) is 11.5. The summed E-state index contributed by atoms with van der Waals surface area (Å²) in [7, 11) is 0. The van der Waals surface area contributed by atoms with Crippen LogP contribution in [0.5, 0.6) is 11.5 Å². The lowest BCUT2D eigenvalue weighted by molar-refractivity contribution is 0.474. The molecule has 0 heterocycles. The Morgan fingerprint density at radius 2 is 1.17 bits per heavy atom. The maximum atomic E-state index is 9.57. The van der Waals surface area contributed by atoms with Crippen LogP contribution in [-0.2, 0) is 5.41 Å². The third-order valence-corrected chi connectivity index (χ3v) is 4.12. The Morgan fingerprint density at radius 3 is 1.46 bits per heavy atom. The number of hydrogen-bond acceptors (Lipinski definition) is 2. The Morgan fingerprint density at radius 1 is 0.792 bits per heavy atom. The molecule has 0 aliphatic carbocycles. The summed E-state index contributed by atoms with van der Waals surface area (Å²) >= 11 is 0. The van der Waals surface area contributed by atoms with Crippen LogP contribution in [0.4, 0.5) is 0 Å². The summed E-state index contributed by atoms with van der Waals surface area (Å²) in [6.07, 6.45) is 6.22. The van der Waals surface area contributed by atoms with Crippen LogP contribution in [-0.4, -0.2) is 10.2 Å². The average molecular weight is 324 g/mol. The first-order valence-corrected chi connectivity index (χ1v) is 8.41. The van der Waals surface area contributed by atoms with Crippen LogP contribution < -0.4 is 0 Å². The van der Waals surface area contributed by atoms with Crippen molar-refractivity contribution >= 4 is 0 Å². The number of benzene rings is 2. The summed E-state index contributed by atoms with van der Waals surface area (Å²) in [5.74, 6) is 0.509. The van der Waals surface area contributed by atoms with Crippen molar-refractivity contribution in [3.05, 3.63) is 83.5 Å². The van der Waals surface area contributed by atoms with Crippen molar-refractivity contribution in [2.45, 2.75) is 40.0 Å². The van der Waals surface area contributed by atoms with Crippen LogP contribution >= 0.6 is 0 Å². The van der Waals surface area contributed by atoms with Gasteiger partial charge in [-0.15, -0.1) is 0 Å². The minimum absolute atomic E-state index is 0.255. The molecular weight excluding hydrogens is 296 g/mol. The second kappa shape index (κ2) is 8.97. The van der Waals surface area contributed by atoms with Gasteiger partial charge in [0.15, 0.2) is 0 Å². The summed E-state index contributed by atoms with van der Waals surface area (Å²) in [5.41, 5.74) is 2.97. The second-order valence-electron chi connectivity index (χ2n) is 5.46. The molecule has 0 aromatic heterocycles. The molecule has 24 heavy (non-hydrogen) atoms. The number of allylic oxidation sites excluding steroid dienone is 4. The van der Waals surface area contributed by atoms with E-state index >= 15 is 0 Å². The molecule has 0 amide bonds. The summed E-state index contributed by atoms with van der Waals surface area (Å²) in [6.45, 7) is 10.2. The van der Waals surface area contributed by atoms with Crippen molar-refractivity contribution in [2.75, 3.05) is 0 Å². The highest BCUT2D eigenvalue weighted by molar-refractivity contribution is 5.52. The monoisotopic (exact) mass is 324 g/mol. The number of hydrogen-bond donors (Lipinski definition) is 2. The molecule has 0 bridgehead atoms. The Hall–Kier alpha value is -2.48. The molecule has 0 saturated carbocycles. The fourth-order valence-corrected chi connectivity index (χ4v) is 2.82. The number of rotatable bonds is 4. The third kappa shape index (κ3) is 4.08. The van der Waals surface area contributed by atoms with E-state index in [1.165, 1.54) is 0 Å². The van der Waals surface area contributed by atoms with Crippen LogP contribution in [0, 0.1) is 0 Å². The van der Waals surface area contributed by atoms with E-state index in [0.29, 0.717) is 0 Å². The van der Waals surface area contributed by atoms with Gasteiger partial charge >= 0.3 is 0 Å². The zero-order valence-electron chi connectivity index (χ0n) is 15.2. The van der Waals surface area contributed by atoms with E-state index in [-0.39, 0.29) is 16.9 Å². The quantitative estimate of drug-likeness (QED) is 0.682. The van der Waals surface area contributed by atoms with E-state index in [0.717, 1.165) is 16.7 Å². The Labute approximate surface area is 145 Å². The van der Waals surface area contributed by atoms with Gasteiger partial charge in [-0.1, -0.05) is 56.3 Å². The van der Waals surface area contributed by atoms with Gasteiger partial charge < -0.3 is 10.2 Å². The van der Waals surface area contributed by atoms with E-state index in [4.69, 9.17) is 0 Å². The van der Waals surface area contributed by atoms with Gasteiger partial charge in [0.1, 0.15) is 11.5 Å². The minimum Gasteiger partial charge on any atom is -0.508 e. The summed E-state index contributed by atoms with van der Waals surface area (Å²) in [4.78, 5) is 0. The highest BCUT2D eigenvalue weighted by atomic mass is 16.3. The summed E-state index contributed by atoms with van der Waals surface area (Å²) in [6, 6.07) is 14.6.